The molecular weight excluding hydrogens is 348 g/mol. The highest BCUT2D eigenvalue weighted by molar-refractivity contribution is 5.87. The molecule has 0 saturated heterocycles. The minimum absolute atomic E-state index is 0.904. The summed E-state index contributed by atoms with van der Waals surface area (Å²) in [6, 6.07) is 22.7. The van der Waals surface area contributed by atoms with E-state index < -0.39 is 0 Å². The van der Waals surface area contributed by atoms with Crippen molar-refractivity contribution in [1.82, 2.24) is 0 Å². The van der Waals surface area contributed by atoms with E-state index in [1.807, 2.05) is 0 Å². The van der Waals surface area contributed by atoms with E-state index in [1.54, 1.807) is 5.57 Å². The van der Waals surface area contributed by atoms with Crippen LogP contribution in [0.1, 0.15) is 54.4 Å². The normalized spacial score (nSPS) is 16.1. The minimum atomic E-state index is 0.904. The van der Waals surface area contributed by atoms with Gasteiger partial charge in [0.1, 0.15) is 0 Å². The SMILES string of the molecule is Cc1ccc(-c2ccc(-c3ccc(C)cc3)c3c2C=C(CC2CCCC2)C3)cc1. The highest BCUT2D eigenvalue weighted by Gasteiger charge is 2.24. The van der Waals surface area contributed by atoms with Crippen LogP contribution in [0, 0.1) is 19.8 Å². The number of fused-ring (bicyclic) bond motifs is 1. The zero-order valence-electron chi connectivity index (χ0n) is 17.7. The summed E-state index contributed by atoms with van der Waals surface area (Å²) >= 11 is 0. The molecule has 0 heteroatoms. The van der Waals surface area contributed by atoms with Gasteiger partial charge in [0.05, 0.1) is 0 Å². The molecule has 0 atom stereocenters. The van der Waals surface area contributed by atoms with Crippen LogP contribution >= 0.6 is 0 Å². The number of hydrogen-bond acceptors (Lipinski definition) is 0. The van der Waals surface area contributed by atoms with E-state index in [0.29, 0.717) is 0 Å². The number of rotatable bonds is 4. The molecule has 0 heterocycles. The van der Waals surface area contributed by atoms with E-state index in [-0.39, 0.29) is 0 Å². The van der Waals surface area contributed by atoms with Crippen molar-refractivity contribution in [2.24, 2.45) is 5.92 Å². The van der Waals surface area contributed by atoms with E-state index in [4.69, 9.17) is 0 Å². The second kappa shape index (κ2) is 7.67. The lowest BCUT2D eigenvalue weighted by Gasteiger charge is -2.14. The molecule has 0 amide bonds. The quantitative estimate of drug-likeness (QED) is 0.429. The van der Waals surface area contributed by atoms with Crippen molar-refractivity contribution >= 4 is 6.08 Å². The number of allylic oxidation sites excluding steroid dienone is 1. The number of hydrogen-bond donors (Lipinski definition) is 0. The second-order valence-electron chi connectivity index (χ2n) is 9.12. The fraction of sp³-hybridized carbons (Fsp3) is 0.310. The molecule has 0 nitrogen and oxygen atoms in total. The van der Waals surface area contributed by atoms with Gasteiger partial charge in [0.2, 0.25) is 0 Å². The van der Waals surface area contributed by atoms with Gasteiger partial charge in [-0.25, -0.2) is 0 Å². The van der Waals surface area contributed by atoms with Gasteiger partial charge in [-0.1, -0.05) is 109 Å². The fourth-order valence-electron chi connectivity index (χ4n) is 5.21. The minimum Gasteiger partial charge on any atom is -0.0649 e. The van der Waals surface area contributed by atoms with Crippen molar-refractivity contribution in [2.45, 2.75) is 52.4 Å². The van der Waals surface area contributed by atoms with E-state index in [2.05, 4.69) is 80.6 Å². The molecule has 0 aliphatic heterocycles. The molecule has 3 aromatic rings. The molecule has 0 N–H and O–H groups in total. The Morgan fingerprint density at radius 2 is 1.24 bits per heavy atom. The van der Waals surface area contributed by atoms with Crippen LogP contribution in [0.4, 0.5) is 0 Å². The number of aryl methyl sites for hydroxylation is 2. The van der Waals surface area contributed by atoms with Gasteiger partial charge in [-0.05, 0) is 66.0 Å². The molecule has 2 aliphatic carbocycles. The zero-order valence-corrected chi connectivity index (χ0v) is 17.7. The highest BCUT2D eigenvalue weighted by Crippen LogP contribution is 2.42. The number of benzene rings is 3. The summed E-state index contributed by atoms with van der Waals surface area (Å²) in [4.78, 5) is 0. The molecule has 0 bridgehead atoms. The standard InChI is InChI=1S/C29H30/c1-20-7-11-24(12-8-20)26-15-16-27(25-13-9-21(2)10-14-25)29-19-23(18-28(26)29)17-22-5-3-4-6-22/h7-16,18,22H,3-6,17,19H2,1-2H3. The maximum Gasteiger partial charge on any atom is -0.00513 e. The Balaban J connectivity index is 1.58. The monoisotopic (exact) mass is 378 g/mol. The Morgan fingerprint density at radius 3 is 1.86 bits per heavy atom. The van der Waals surface area contributed by atoms with Gasteiger partial charge in [0.15, 0.2) is 0 Å². The van der Waals surface area contributed by atoms with Crippen LogP contribution in [0.25, 0.3) is 28.3 Å². The van der Waals surface area contributed by atoms with Crippen LogP contribution in [-0.4, -0.2) is 0 Å². The fourth-order valence-corrected chi connectivity index (χ4v) is 5.21. The van der Waals surface area contributed by atoms with Crippen molar-refractivity contribution in [3.05, 3.63) is 88.5 Å². The Kier molecular flexibility index (Phi) is 4.87. The Morgan fingerprint density at radius 1 is 0.690 bits per heavy atom. The molecular formula is C29H30. The van der Waals surface area contributed by atoms with Crippen LogP contribution in [0.2, 0.25) is 0 Å². The highest BCUT2D eigenvalue weighted by atomic mass is 14.3. The van der Waals surface area contributed by atoms with Crippen molar-refractivity contribution in [3.63, 3.8) is 0 Å². The molecule has 5 rings (SSSR count). The molecule has 1 saturated carbocycles. The van der Waals surface area contributed by atoms with Gasteiger partial charge < -0.3 is 0 Å². The smallest absolute Gasteiger partial charge is 0.00513 e. The van der Waals surface area contributed by atoms with Gasteiger partial charge in [-0.15, -0.1) is 0 Å². The Labute approximate surface area is 175 Å². The second-order valence-corrected chi connectivity index (χ2v) is 9.12. The molecule has 146 valence electrons. The maximum absolute atomic E-state index is 2.53. The first kappa shape index (κ1) is 18.4. The third-order valence-corrected chi connectivity index (χ3v) is 6.86. The summed E-state index contributed by atoms with van der Waals surface area (Å²) in [6.07, 6.45) is 10.6. The van der Waals surface area contributed by atoms with Crippen molar-refractivity contribution in [1.29, 1.82) is 0 Å². The molecule has 0 unspecified atom stereocenters. The van der Waals surface area contributed by atoms with Gasteiger partial charge in [0, 0.05) is 0 Å². The molecule has 0 radical (unpaired) electrons. The van der Waals surface area contributed by atoms with Crippen LogP contribution in [-0.2, 0) is 6.42 Å². The average molecular weight is 379 g/mol. The molecule has 2 aliphatic rings. The maximum atomic E-state index is 2.53. The summed E-state index contributed by atoms with van der Waals surface area (Å²) in [5, 5.41) is 0. The van der Waals surface area contributed by atoms with Crippen LogP contribution in [0.5, 0.6) is 0 Å². The van der Waals surface area contributed by atoms with Crippen molar-refractivity contribution in [2.75, 3.05) is 0 Å². The predicted molar refractivity (Wildman–Crippen MR) is 125 cm³/mol. The summed E-state index contributed by atoms with van der Waals surface area (Å²) in [6.45, 7) is 4.32. The third-order valence-electron chi connectivity index (χ3n) is 6.86. The van der Waals surface area contributed by atoms with Gasteiger partial charge >= 0.3 is 0 Å². The lowest BCUT2D eigenvalue weighted by molar-refractivity contribution is 0.541. The van der Waals surface area contributed by atoms with Crippen molar-refractivity contribution in [3.8, 4) is 22.3 Å². The Hall–Kier alpha value is -2.60. The van der Waals surface area contributed by atoms with Gasteiger partial charge in [0.25, 0.3) is 0 Å². The topological polar surface area (TPSA) is 0 Å². The predicted octanol–water partition coefficient (Wildman–Crippen LogP) is 8.16. The lowest BCUT2D eigenvalue weighted by atomic mass is 9.89. The third kappa shape index (κ3) is 3.69. The zero-order chi connectivity index (χ0) is 19.8. The van der Waals surface area contributed by atoms with Crippen LogP contribution in [0.15, 0.2) is 66.2 Å². The van der Waals surface area contributed by atoms with E-state index in [1.165, 1.54) is 76.6 Å². The first-order valence-electron chi connectivity index (χ1n) is 11.2. The van der Waals surface area contributed by atoms with Gasteiger partial charge in [-0.3, -0.25) is 0 Å². The molecule has 29 heavy (non-hydrogen) atoms. The van der Waals surface area contributed by atoms with Crippen molar-refractivity contribution < 1.29 is 0 Å². The van der Waals surface area contributed by atoms with Crippen LogP contribution < -0.4 is 0 Å². The summed E-state index contributed by atoms with van der Waals surface area (Å²) in [5.74, 6) is 0.904. The van der Waals surface area contributed by atoms with E-state index in [0.717, 1.165) is 12.3 Å². The molecule has 0 aromatic heterocycles. The largest absolute Gasteiger partial charge is 0.0649 e. The van der Waals surface area contributed by atoms with E-state index >= 15 is 0 Å². The van der Waals surface area contributed by atoms with Crippen LogP contribution in [0.3, 0.4) is 0 Å². The average Bonchev–Trinajstić information content (AvgIpc) is 3.39. The molecule has 1 fully saturated rings. The summed E-state index contributed by atoms with van der Waals surface area (Å²) < 4.78 is 0. The van der Waals surface area contributed by atoms with Gasteiger partial charge in [-0.2, -0.15) is 0 Å². The summed E-state index contributed by atoms with van der Waals surface area (Å²) in [5.41, 5.74) is 12.7. The van der Waals surface area contributed by atoms with E-state index in [9.17, 15) is 0 Å². The first-order chi connectivity index (χ1) is 14.2. The summed E-state index contributed by atoms with van der Waals surface area (Å²) in [7, 11) is 0. The lowest BCUT2D eigenvalue weighted by Crippen LogP contribution is -1.97. The Bertz CT molecular complexity index is 1040. The molecule has 3 aromatic carbocycles. The first-order valence-corrected chi connectivity index (χ1v) is 11.2. The molecule has 0 spiro atoms.